The molecule has 2 aromatic rings. The second kappa shape index (κ2) is 6.27. The SMILES string of the molecule is O=C(O)C1CCCN(C(=O)c2scnc2-c2ccccc2)C1. The summed E-state index contributed by atoms with van der Waals surface area (Å²) < 4.78 is 0. The van der Waals surface area contributed by atoms with Gasteiger partial charge in [-0.1, -0.05) is 30.3 Å². The molecule has 0 saturated carbocycles. The summed E-state index contributed by atoms with van der Waals surface area (Å²) in [5.74, 6) is -1.41. The average Bonchev–Trinajstić information content (AvgIpc) is 3.04. The molecule has 0 radical (unpaired) electrons. The lowest BCUT2D eigenvalue weighted by atomic mass is 9.98. The molecule has 0 bridgehead atoms. The fourth-order valence-electron chi connectivity index (χ4n) is 2.71. The number of rotatable bonds is 3. The Morgan fingerprint density at radius 3 is 2.77 bits per heavy atom. The van der Waals surface area contributed by atoms with Gasteiger partial charge in [0.15, 0.2) is 0 Å². The van der Waals surface area contributed by atoms with Crippen LogP contribution in [0.3, 0.4) is 0 Å². The Balaban J connectivity index is 1.84. The third-order valence-corrected chi connectivity index (χ3v) is 4.68. The van der Waals surface area contributed by atoms with Crippen LogP contribution < -0.4 is 0 Å². The molecule has 1 aromatic heterocycles. The molecule has 1 aliphatic rings. The summed E-state index contributed by atoms with van der Waals surface area (Å²) in [6, 6.07) is 9.57. The number of benzene rings is 1. The molecule has 1 unspecified atom stereocenters. The zero-order valence-corrected chi connectivity index (χ0v) is 12.8. The summed E-state index contributed by atoms with van der Waals surface area (Å²) in [5, 5.41) is 9.15. The van der Waals surface area contributed by atoms with Gasteiger partial charge in [-0.25, -0.2) is 4.98 Å². The summed E-state index contributed by atoms with van der Waals surface area (Å²) in [6.07, 6.45) is 1.36. The fourth-order valence-corrected chi connectivity index (χ4v) is 3.48. The van der Waals surface area contributed by atoms with Crippen LogP contribution in [0.2, 0.25) is 0 Å². The molecule has 1 amide bonds. The Bertz CT molecular complexity index is 684. The van der Waals surface area contributed by atoms with Crippen molar-refractivity contribution in [2.75, 3.05) is 13.1 Å². The number of likely N-dealkylation sites (tertiary alicyclic amines) is 1. The van der Waals surface area contributed by atoms with Crippen LogP contribution in [0.15, 0.2) is 35.8 Å². The average molecular weight is 316 g/mol. The van der Waals surface area contributed by atoms with Crippen LogP contribution in [0.25, 0.3) is 11.3 Å². The van der Waals surface area contributed by atoms with Crippen LogP contribution in [-0.4, -0.2) is 40.0 Å². The third kappa shape index (κ3) is 2.87. The standard InChI is InChI=1S/C16H16N2O3S/c19-15(18-8-4-7-12(9-18)16(20)21)14-13(17-10-22-14)11-5-2-1-3-6-11/h1-3,5-6,10,12H,4,7-9H2,(H,20,21). The van der Waals surface area contributed by atoms with E-state index in [4.69, 9.17) is 5.11 Å². The Kier molecular flexibility index (Phi) is 4.20. The molecule has 1 fully saturated rings. The minimum atomic E-state index is -0.829. The second-order valence-electron chi connectivity index (χ2n) is 5.32. The van der Waals surface area contributed by atoms with Gasteiger partial charge in [0, 0.05) is 18.7 Å². The summed E-state index contributed by atoms with van der Waals surface area (Å²) in [6.45, 7) is 0.884. The van der Waals surface area contributed by atoms with Crippen molar-refractivity contribution >= 4 is 23.2 Å². The number of hydrogen-bond donors (Lipinski definition) is 1. The number of carbonyl (C=O) groups is 2. The van der Waals surface area contributed by atoms with Crippen LogP contribution in [0, 0.1) is 5.92 Å². The highest BCUT2D eigenvalue weighted by Crippen LogP contribution is 2.28. The van der Waals surface area contributed by atoms with Gasteiger partial charge in [-0.15, -0.1) is 11.3 Å². The predicted octanol–water partition coefficient (Wildman–Crippen LogP) is 2.75. The van der Waals surface area contributed by atoms with Crippen LogP contribution in [-0.2, 0) is 4.79 Å². The van der Waals surface area contributed by atoms with Gasteiger partial charge >= 0.3 is 5.97 Å². The molecule has 1 aromatic carbocycles. The number of carboxylic acid groups (broad SMARTS) is 1. The highest BCUT2D eigenvalue weighted by atomic mass is 32.1. The van der Waals surface area contributed by atoms with Crippen molar-refractivity contribution in [3.8, 4) is 11.3 Å². The fraction of sp³-hybridized carbons (Fsp3) is 0.312. The molecule has 1 aliphatic heterocycles. The van der Waals surface area contributed by atoms with Gasteiger partial charge in [-0.05, 0) is 12.8 Å². The van der Waals surface area contributed by atoms with E-state index in [2.05, 4.69) is 4.98 Å². The van der Waals surface area contributed by atoms with E-state index in [9.17, 15) is 9.59 Å². The van der Waals surface area contributed by atoms with E-state index in [0.717, 1.165) is 12.0 Å². The van der Waals surface area contributed by atoms with Crippen LogP contribution in [0.1, 0.15) is 22.5 Å². The van der Waals surface area contributed by atoms with Gasteiger partial charge in [0.25, 0.3) is 5.91 Å². The molecule has 3 rings (SSSR count). The summed E-state index contributed by atoms with van der Waals surface area (Å²) >= 11 is 1.31. The van der Waals surface area contributed by atoms with E-state index < -0.39 is 11.9 Å². The van der Waals surface area contributed by atoms with Crippen molar-refractivity contribution in [2.45, 2.75) is 12.8 Å². The molecule has 6 heteroatoms. The molecular formula is C16H16N2O3S. The first-order chi connectivity index (χ1) is 10.7. The number of amides is 1. The van der Waals surface area contributed by atoms with E-state index in [1.807, 2.05) is 30.3 Å². The van der Waals surface area contributed by atoms with Crippen LogP contribution >= 0.6 is 11.3 Å². The third-order valence-electron chi connectivity index (χ3n) is 3.87. The molecular weight excluding hydrogens is 300 g/mol. The van der Waals surface area contributed by atoms with E-state index in [1.54, 1.807) is 10.4 Å². The summed E-state index contributed by atoms with van der Waals surface area (Å²) in [5.41, 5.74) is 3.24. The lowest BCUT2D eigenvalue weighted by Gasteiger charge is -2.30. The Hall–Kier alpha value is -2.21. The number of carboxylic acids is 1. The van der Waals surface area contributed by atoms with Crippen LogP contribution in [0.5, 0.6) is 0 Å². The Labute approximate surface area is 132 Å². The highest BCUT2D eigenvalue weighted by molar-refractivity contribution is 7.12. The maximum absolute atomic E-state index is 12.7. The van der Waals surface area contributed by atoms with Crippen molar-refractivity contribution in [2.24, 2.45) is 5.92 Å². The Morgan fingerprint density at radius 2 is 2.05 bits per heavy atom. The van der Waals surface area contributed by atoms with Crippen molar-refractivity contribution < 1.29 is 14.7 Å². The number of carbonyl (C=O) groups excluding carboxylic acids is 1. The maximum atomic E-state index is 12.7. The number of nitrogens with zero attached hydrogens (tertiary/aromatic N) is 2. The number of thiazole rings is 1. The van der Waals surface area contributed by atoms with Gasteiger partial charge < -0.3 is 10.0 Å². The molecule has 0 aliphatic carbocycles. The normalized spacial score (nSPS) is 18.2. The second-order valence-corrected chi connectivity index (χ2v) is 6.18. The lowest BCUT2D eigenvalue weighted by Crippen LogP contribution is -2.42. The van der Waals surface area contributed by atoms with E-state index in [1.165, 1.54) is 11.3 Å². The van der Waals surface area contributed by atoms with Crippen LogP contribution in [0.4, 0.5) is 0 Å². The molecule has 1 N–H and O–H groups in total. The first-order valence-electron chi connectivity index (χ1n) is 7.18. The molecule has 5 nitrogen and oxygen atoms in total. The highest BCUT2D eigenvalue weighted by Gasteiger charge is 2.30. The predicted molar refractivity (Wildman–Crippen MR) is 83.8 cm³/mol. The van der Waals surface area contributed by atoms with Crippen molar-refractivity contribution in [3.05, 3.63) is 40.7 Å². The first-order valence-corrected chi connectivity index (χ1v) is 8.06. The largest absolute Gasteiger partial charge is 0.481 e. The smallest absolute Gasteiger partial charge is 0.308 e. The van der Waals surface area contributed by atoms with Crippen molar-refractivity contribution in [3.63, 3.8) is 0 Å². The zero-order valence-electron chi connectivity index (χ0n) is 11.9. The minimum absolute atomic E-state index is 0.118. The van der Waals surface area contributed by atoms with E-state index >= 15 is 0 Å². The van der Waals surface area contributed by atoms with Crippen molar-refractivity contribution in [1.29, 1.82) is 0 Å². The molecule has 0 spiro atoms. The van der Waals surface area contributed by atoms with Gasteiger partial charge in [-0.3, -0.25) is 9.59 Å². The molecule has 22 heavy (non-hydrogen) atoms. The molecule has 2 heterocycles. The first kappa shape index (κ1) is 14.7. The summed E-state index contributed by atoms with van der Waals surface area (Å²) in [4.78, 5) is 30.4. The number of piperidine rings is 1. The number of aromatic nitrogens is 1. The zero-order chi connectivity index (χ0) is 15.5. The maximum Gasteiger partial charge on any atom is 0.308 e. The molecule has 1 saturated heterocycles. The van der Waals surface area contributed by atoms with Gasteiger partial charge in [0.2, 0.25) is 0 Å². The quantitative estimate of drug-likeness (QED) is 0.945. The minimum Gasteiger partial charge on any atom is -0.481 e. The summed E-state index contributed by atoms with van der Waals surface area (Å²) in [7, 11) is 0. The molecule has 1 atom stereocenters. The van der Waals surface area contributed by atoms with Gasteiger partial charge in [0.1, 0.15) is 4.88 Å². The monoisotopic (exact) mass is 316 g/mol. The lowest BCUT2D eigenvalue weighted by molar-refractivity contribution is -0.143. The topological polar surface area (TPSA) is 70.5 Å². The molecule has 114 valence electrons. The Morgan fingerprint density at radius 1 is 1.27 bits per heavy atom. The van der Waals surface area contributed by atoms with E-state index in [-0.39, 0.29) is 12.5 Å². The number of aliphatic carboxylic acids is 1. The van der Waals surface area contributed by atoms with E-state index in [0.29, 0.717) is 23.5 Å². The van der Waals surface area contributed by atoms with Crippen molar-refractivity contribution in [1.82, 2.24) is 9.88 Å². The number of hydrogen-bond acceptors (Lipinski definition) is 4. The van der Waals surface area contributed by atoms with Gasteiger partial charge in [-0.2, -0.15) is 0 Å². The van der Waals surface area contributed by atoms with Gasteiger partial charge in [0.05, 0.1) is 17.1 Å².